The van der Waals surface area contributed by atoms with Crippen LogP contribution in [0.15, 0.2) is 64.6 Å². The molecule has 0 radical (unpaired) electrons. The number of benzene rings is 2. The minimum atomic E-state index is -3.65. The van der Waals surface area contributed by atoms with Gasteiger partial charge in [-0.2, -0.15) is 13.5 Å². The van der Waals surface area contributed by atoms with Crippen molar-refractivity contribution in [1.82, 2.24) is 4.83 Å². The van der Waals surface area contributed by atoms with Crippen molar-refractivity contribution < 1.29 is 13.2 Å². The number of nitrogens with zero attached hydrogens (tertiary/aromatic N) is 1. The van der Waals surface area contributed by atoms with Crippen LogP contribution >= 0.6 is 0 Å². The first kappa shape index (κ1) is 17.0. The van der Waals surface area contributed by atoms with E-state index < -0.39 is 10.0 Å². The quantitative estimate of drug-likeness (QED) is 0.459. The summed E-state index contributed by atoms with van der Waals surface area (Å²) in [6.45, 7) is 2.71. The third-order valence-electron chi connectivity index (χ3n) is 3.10. The molecule has 0 saturated carbocycles. The molecule has 0 spiro atoms. The fraction of sp³-hybridized carbons (Fsp3) is 0.235. The summed E-state index contributed by atoms with van der Waals surface area (Å²) in [5, 5.41) is 3.84. The molecule has 2 rings (SSSR count). The summed E-state index contributed by atoms with van der Waals surface area (Å²) in [5.74, 6) is 0.684. The molecule has 2 aromatic carbocycles. The van der Waals surface area contributed by atoms with E-state index in [1.54, 1.807) is 18.2 Å². The number of hydrogen-bond donors (Lipinski definition) is 1. The van der Waals surface area contributed by atoms with Crippen molar-refractivity contribution in [1.29, 1.82) is 0 Å². The van der Waals surface area contributed by atoms with E-state index in [1.165, 1.54) is 18.3 Å². The van der Waals surface area contributed by atoms with Crippen molar-refractivity contribution >= 4 is 16.2 Å². The number of para-hydroxylation sites is 1. The number of ether oxygens (including phenoxy) is 1. The molecule has 1 N–H and O–H groups in total. The first-order valence-electron chi connectivity index (χ1n) is 7.45. The van der Waals surface area contributed by atoms with Gasteiger partial charge >= 0.3 is 0 Å². The van der Waals surface area contributed by atoms with E-state index in [-0.39, 0.29) is 4.90 Å². The Hall–Kier alpha value is -2.34. The maximum atomic E-state index is 12.1. The summed E-state index contributed by atoms with van der Waals surface area (Å²) < 4.78 is 29.8. The summed E-state index contributed by atoms with van der Waals surface area (Å²) in [4.78, 5) is 2.38. The normalized spacial score (nSPS) is 11.5. The Morgan fingerprint density at radius 2 is 1.78 bits per heavy atom. The first-order chi connectivity index (χ1) is 11.1. The molecule has 0 aliphatic heterocycles. The summed E-state index contributed by atoms with van der Waals surface area (Å²) in [5.41, 5.74) is 0.722. The zero-order valence-electron chi connectivity index (χ0n) is 13.0. The van der Waals surface area contributed by atoms with Gasteiger partial charge in [-0.15, -0.1) is 0 Å². The van der Waals surface area contributed by atoms with E-state index in [0.29, 0.717) is 12.4 Å². The second kappa shape index (κ2) is 8.33. The van der Waals surface area contributed by atoms with Gasteiger partial charge < -0.3 is 4.74 Å². The zero-order chi connectivity index (χ0) is 16.5. The molecule has 6 heteroatoms. The van der Waals surface area contributed by atoms with Gasteiger partial charge in [-0.3, -0.25) is 0 Å². The van der Waals surface area contributed by atoms with E-state index in [1.807, 2.05) is 24.3 Å². The van der Waals surface area contributed by atoms with Gasteiger partial charge in [0.05, 0.1) is 17.7 Å². The van der Waals surface area contributed by atoms with Crippen LogP contribution in [0.3, 0.4) is 0 Å². The van der Waals surface area contributed by atoms with Gasteiger partial charge in [0.1, 0.15) is 5.75 Å². The van der Waals surface area contributed by atoms with Gasteiger partial charge in [0.2, 0.25) is 0 Å². The molecule has 0 fully saturated rings. The number of nitrogens with one attached hydrogen (secondary N) is 1. The monoisotopic (exact) mass is 332 g/mol. The molecule has 23 heavy (non-hydrogen) atoms. The van der Waals surface area contributed by atoms with Crippen LogP contribution in [0.1, 0.15) is 25.3 Å². The van der Waals surface area contributed by atoms with E-state index in [9.17, 15) is 8.42 Å². The fourth-order valence-electron chi connectivity index (χ4n) is 1.86. The molecule has 0 unspecified atom stereocenters. The first-order valence-corrected chi connectivity index (χ1v) is 8.93. The summed E-state index contributed by atoms with van der Waals surface area (Å²) in [6.07, 6.45) is 3.46. The molecule has 0 heterocycles. The second-order valence-corrected chi connectivity index (χ2v) is 6.57. The van der Waals surface area contributed by atoms with Crippen molar-refractivity contribution in [3.63, 3.8) is 0 Å². The Morgan fingerprint density at radius 3 is 2.52 bits per heavy atom. The van der Waals surface area contributed by atoms with Gasteiger partial charge in [0, 0.05) is 5.56 Å². The lowest BCUT2D eigenvalue weighted by Crippen LogP contribution is -2.18. The van der Waals surface area contributed by atoms with Crippen LogP contribution in [0.4, 0.5) is 0 Å². The molecule has 0 amide bonds. The molecule has 0 bridgehead atoms. The van der Waals surface area contributed by atoms with Crippen LogP contribution < -0.4 is 9.57 Å². The molecular weight excluding hydrogens is 312 g/mol. The molecule has 0 aliphatic rings. The number of hydrazone groups is 1. The Balaban J connectivity index is 2.06. The zero-order valence-corrected chi connectivity index (χ0v) is 13.8. The fourth-order valence-corrected chi connectivity index (χ4v) is 2.68. The SMILES string of the molecule is CCCCOc1ccccc1/C=N\NS(=O)(=O)c1ccccc1. The van der Waals surface area contributed by atoms with Crippen molar-refractivity contribution in [3.05, 3.63) is 60.2 Å². The summed E-state index contributed by atoms with van der Waals surface area (Å²) in [7, 11) is -3.65. The molecule has 0 aromatic heterocycles. The average Bonchev–Trinajstić information content (AvgIpc) is 2.57. The highest BCUT2D eigenvalue weighted by Crippen LogP contribution is 2.16. The van der Waals surface area contributed by atoms with E-state index >= 15 is 0 Å². The van der Waals surface area contributed by atoms with Crippen molar-refractivity contribution in [2.75, 3.05) is 6.61 Å². The summed E-state index contributed by atoms with van der Waals surface area (Å²) in [6, 6.07) is 15.5. The van der Waals surface area contributed by atoms with Gasteiger partial charge in [-0.05, 0) is 30.7 Å². The Kier molecular flexibility index (Phi) is 6.17. The Labute approximate surface area is 137 Å². The maximum absolute atomic E-state index is 12.1. The number of hydrogen-bond acceptors (Lipinski definition) is 4. The number of unbranched alkanes of at least 4 members (excludes halogenated alkanes) is 1. The lowest BCUT2D eigenvalue weighted by atomic mass is 10.2. The second-order valence-electron chi connectivity index (χ2n) is 4.91. The van der Waals surface area contributed by atoms with E-state index in [0.717, 1.165) is 18.4 Å². The van der Waals surface area contributed by atoms with Crippen molar-refractivity contribution in [3.8, 4) is 5.75 Å². The van der Waals surface area contributed by atoms with Crippen LogP contribution in [0.5, 0.6) is 5.75 Å². The lowest BCUT2D eigenvalue weighted by Gasteiger charge is -2.08. The van der Waals surface area contributed by atoms with Gasteiger partial charge in [-0.25, -0.2) is 4.83 Å². The molecule has 5 nitrogen and oxygen atoms in total. The summed E-state index contributed by atoms with van der Waals surface area (Å²) >= 11 is 0. The third-order valence-corrected chi connectivity index (χ3v) is 4.34. The smallest absolute Gasteiger partial charge is 0.276 e. The Bertz CT molecular complexity index is 743. The van der Waals surface area contributed by atoms with Crippen LogP contribution in [0, 0.1) is 0 Å². The number of sulfonamides is 1. The lowest BCUT2D eigenvalue weighted by molar-refractivity contribution is 0.309. The predicted molar refractivity (Wildman–Crippen MR) is 91.2 cm³/mol. The highest BCUT2D eigenvalue weighted by atomic mass is 32.2. The molecular formula is C17H20N2O3S. The van der Waals surface area contributed by atoms with Crippen LogP contribution in [0.2, 0.25) is 0 Å². The van der Waals surface area contributed by atoms with Crippen molar-refractivity contribution in [2.45, 2.75) is 24.7 Å². The van der Waals surface area contributed by atoms with E-state index in [2.05, 4.69) is 16.9 Å². The molecule has 0 saturated heterocycles. The van der Waals surface area contributed by atoms with Crippen LogP contribution in [-0.4, -0.2) is 21.2 Å². The van der Waals surface area contributed by atoms with Gasteiger partial charge in [-0.1, -0.05) is 43.7 Å². The topological polar surface area (TPSA) is 67.8 Å². The molecule has 0 atom stereocenters. The largest absolute Gasteiger partial charge is 0.493 e. The highest BCUT2D eigenvalue weighted by Gasteiger charge is 2.11. The minimum Gasteiger partial charge on any atom is -0.493 e. The van der Waals surface area contributed by atoms with Crippen molar-refractivity contribution in [2.24, 2.45) is 5.10 Å². The molecule has 0 aliphatic carbocycles. The van der Waals surface area contributed by atoms with Crippen LogP contribution in [0.25, 0.3) is 0 Å². The van der Waals surface area contributed by atoms with Crippen LogP contribution in [-0.2, 0) is 10.0 Å². The van der Waals surface area contributed by atoms with E-state index in [4.69, 9.17) is 4.74 Å². The van der Waals surface area contributed by atoms with Gasteiger partial charge in [0.25, 0.3) is 10.0 Å². The predicted octanol–water partition coefficient (Wildman–Crippen LogP) is 3.18. The number of rotatable bonds is 8. The average molecular weight is 332 g/mol. The molecule has 122 valence electrons. The standard InChI is InChI=1S/C17H20N2O3S/c1-2-3-13-22-17-12-8-7-9-15(17)14-18-19-23(20,21)16-10-5-4-6-11-16/h4-12,14,19H,2-3,13H2,1H3/b18-14-. The third kappa shape index (κ3) is 5.10. The van der Waals surface area contributed by atoms with Gasteiger partial charge in [0.15, 0.2) is 0 Å². The maximum Gasteiger partial charge on any atom is 0.276 e. The minimum absolute atomic E-state index is 0.171. The highest BCUT2D eigenvalue weighted by molar-refractivity contribution is 7.89. The Morgan fingerprint density at radius 1 is 1.09 bits per heavy atom. The molecule has 2 aromatic rings.